The highest BCUT2D eigenvalue weighted by Gasteiger charge is 2.21. The summed E-state index contributed by atoms with van der Waals surface area (Å²) < 4.78 is 6.18. The van der Waals surface area contributed by atoms with Gasteiger partial charge in [0.1, 0.15) is 11.8 Å². The molecule has 30 heavy (non-hydrogen) atoms. The van der Waals surface area contributed by atoms with Crippen molar-refractivity contribution in [1.29, 1.82) is 0 Å². The molecule has 4 heteroatoms. The number of rotatable bonds is 19. The maximum absolute atomic E-state index is 10.7. The van der Waals surface area contributed by atoms with Gasteiger partial charge in [0.15, 0.2) is 0 Å². The quantitative estimate of drug-likeness (QED) is 0.109. The Balaban J connectivity index is 2.49. The Morgan fingerprint density at radius 2 is 1.40 bits per heavy atom. The zero-order chi connectivity index (χ0) is 21.9. The minimum atomic E-state index is -0.827. The van der Waals surface area contributed by atoms with E-state index in [-0.39, 0.29) is 6.10 Å². The van der Waals surface area contributed by atoms with Crippen LogP contribution in [0.1, 0.15) is 109 Å². The average Bonchev–Trinajstić information content (AvgIpc) is 2.76. The van der Waals surface area contributed by atoms with E-state index in [1.165, 1.54) is 64.2 Å². The first-order valence-corrected chi connectivity index (χ1v) is 12.3. The molecular weight excluding hydrogens is 374 g/mol. The smallest absolute Gasteiger partial charge is 0.115 e. The summed E-state index contributed by atoms with van der Waals surface area (Å²) in [4.78, 5) is 0. The Labute approximate surface area is 184 Å². The van der Waals surface area contributed by atoms with E-state index in [4.69, 9.17) is 4.74 Å². The molecule has 4 nitrogen and oxygen atoms in total. The van der Waals surface area contributed by atoms with Crippen molar-refractivity contribution in [2.75, 3.05) is 6.61 Å². The lowest BCUT2D eigenvalue weighted by Gasteiger charge is -2.22. The molecule has 1 aromatic rings. The lowest BCUT2D eigenvalue weighted by atomic mass is 9.97. The van der Waals surface area contributed by atoms with Crippen LogP contribution < -0.4 is 0 Å². The second kappa shape index (κ2) is 18.4. The Hall–Kier alpha value is -1.39. The van der Waals surface area contributed by atoms with Crippen molar-refractivity contribution in [2.45, 2.75) is 116 Å². The van der Waals surface area contributed by atoms with Crippen molar-refractivity contribution in [2.24, 2.45) is 5.16 Å². The van der Waals surface area contributed by atoms with Crippen LogP contribution in [0.4, 0.5) is 0 Å². The van der Waals surface area contributed by atoms with E-state index in [0.29, 0.717) is 12.1 Å². The van der Waals surface area contributed by atoms with Crippen molar-refractivity contribution < 1.29 is 15.1 Å². The van der Waals surface area contributed by atoms with Gasteiger partial charge in [-0.1, -0.05) is 120 Å². The molecule has 0 aromatic heterocycles. The number of ether oxygens (including phenoxy) is 1. The van der Waals surface area contributed by atoms with Gasteiger partial charge in [-0.2, -0.15) is 0 Å². The lowest BCUT2D eigenvalue weighted by Crippen LogP contribution is -2.29. The molecule has 0 heterocycles. The fraction of sp³-hybridized carbons (Fsp3) is 0.731. The standard InChI is InChI=1S/C26H45NO3/c1-3-5-7-9-11-16-20-24(30-21-17-12-10-8-6-4-2)22-25(28)26(27-29)23-18-14-13-15-19-23/h13-15,18-19,24-25,28-29H,3-12,16-17,20-22H2,1-2H3. The molecule has 0 bridgehead atoms. The summed E-state index contributed by atoms with van der Waals surface area (Å²) in [6.45, 7) is 5.22. The van der Waals surface area contributed by atoms with E-state index in [1.54, 1.807) is 0 Å². The van der Waals surface area contributed by atoms with Gasteiger partial charge in [0.2, 0.25) is 0 Å². The van der Waals surface area contributed by atoms with E-state index in [2.05, 4.69) is 19.0 Å². The van der Waals surface area contributed by atoms with Crippen molar-refractivity contribution in [3.8, 4) is 0 Å². The van der Waals surface area contributed by atoms with Crippen molar-refractivity contribution in [3.63, 3.8) is 0 Å². The molecule has 0 aliphatic rings. The highest BCUT2D eigenvalue weighted by atomic mass is 16.5. The summed E-state index contributed by atoms with van der Waals surface area (Å²) in [5.41, 5.74) is 1.08. The summed E-state index contributed by atoms with van der Waals surface area (Å²) >= 11 is 0. The molecule has 1 rings (SSSR count). The molecule has 172 valence electrons. The number of oxime groups is 1. The molecule has 0 aliphatic heterocycles. The van der Waals surface area contributed by atoms with E-state index in [0.717, 1.165) is 31.4 Å². The van der Waals surface area contributed by atoms with Gasteiger partial charge in [0, 0.05) is 18.6 Å². The first-order valence-electron chi connectivity index (χ1n) is 12.3. The first kappa shape index (κ1) is 26.6. The molecule has 0 radical (unpaired) electrons. The maximum Gasteiger partial charge on any atom is 0.115 e. The van der Waals surface area contributed by atoms with Gasteiger partial charge in [-0.05, 0) is 12.8 Å². The van der Waals surface area contributed by atoms with Crippen molar-refractivity contribution in [1.82, 2.24) is 0 Å². The topological polar surface area (TPSA) is 62.0 Å². The zero-order valence-corrected chi connectivity index (χ0v) is 19.4. The predicted molar refractivity (Wildman–Crippen MR) is 126 cm³/mol. The van der Waals surface area contributed by atoms with Crippen LogP contribution in [0, 0.1) is 0 Å². The molecule has 0 fully saturated rings. The first-order chi connectivity index (χ1) is 14.7. The van der Waals surface area contributed by atoms with Gasteiger partial charge in [0.05, 0.1) is 6.10 Å². The lowest BCUT2D eigenvalue weighted by molar-refractivity contribution is 0.0181. The van der Waals surface area contributed by atoms with Gasteiger partial charge in [-0.25, -0.2) is 0 Å². The monoisotopic (exact) mass is 419 g/mol. The van der Waals surface area contributed by atoms with Crippen LogP contribution in [0.2, 0.25) is 0 Å². The highest BCUT2D eigenvalue weighted by molar-refractivity contribution is 6.03. The van der Waals surface area contributed by atoms with Crippen LogP contribution in [0.25, 0.3) is 0 Å². The summed E-state index contributed by atoms with van der Waals surface area (Å²) in [6, 6.07) is 9.40. The second-order valence-corrected chi connectivity index (χ2v) is 8.42. The molecule has 2 atom stereocenters. The summed E-state index contributed by atoms with van der Waals surface area (Å²) in [6.07, 6.45) is 15.5. The summed E-state index contributed by atoms with van der Waals surface area (Å²) in [5, 5.41) is 23.6. The van der Waals surface area contributed by atoms with E-state index in [1.807, 2.05) is 30.3 Å². The molecule has 0 saturated carbocycles. The number of hydrogen-bond donors (Lipinski definition) is 2. The predicted octanol–water partition coefficient (Wildman–Crippen LogP) is 7.11. The number of hydrogen-bond acceptors (Lipinski definition) is 4. The molecule has 2 unspecified atom stereocenters. The largest absolute Gasteiger partial charge is 0.411 e. The Kier molecular flexibility index (Phi) is 16.3. The normalized spacial score (nSPS) is 14.0. The second-order valence-electron chi connectivity index (χ2n) is 8.42. The molecule has 0 aliphatic carbocycles. The third-order valence-corrected chi connectivity index (χ3v) is 5.71. The third-order valence-electron chi connectivity index (χ3n) is 5.71. The van der Waals surface area contributed by atoms with E-state index in [9.17, 15) is 10.3 Å². The SMILES string of the molecule is CCCCCCCCOC(CCCCCCCC)CC(O)C(=NO)c1ccccc1. The van der Waals surface area contributed by atoms with E-state index >= 15 is 0 Å². The molecule has 0 spiro atoms. The summed E-state index contributed by atoms with van der Waals surface area (Å²) in [5.74, 6) is 0. The molecular formula is C26H45NO3. The molecule has 0 saturated heterocycles. The van der Waals surface area contributed by atoms with Crippen LogP contribution in [-0.2, 0) is 4.74 Å². The van der Waals surface area contributed by atoms with Crippen LogP contribution >= 0.6 is 0 Å². The van der Waals surface area contributed by atoms with Crippen molar-refractivity contribution >= 4 is 5.71 Å². The Bertz CT molecular complexity index is 532. The zero-order valence-electron chi connectivity index (χ0n) is 19.4. The van der Waals surface area contributed by atoms with Crippen LogP contribution in [0.15, 0.2) is 35.5 Å². The van der Waals surface area contributed by atoms with Gasteiger partial charge in [-0.15, -0.1) is 0 Å². The Morgan fingerprint density at radius 3 is 2.00 bits per heavy atom. The van der Waals surface area contributed by atoms with Gasteiger partial charge >= 0.3 is 0 Å². The number of benzene rings is 1. The van der Waals surface area contributed by atoms with E-state index < -0.39 is 6.10 Å². The van der Waals surface area contributed by atoms with Crippen LogP contribution in [-0.4, -0.2) is 34.8 Å². The fourth-order valence-electron chi connectivity index (χ4n) is 3.84. The third kappa shape index (κ3) is 12.3. The molecule has 0 amide bonds. The average molecular weight is 420 g/mol. The van der Waals surface area contributed by atoms with Gasteiger partial charge in [0.25, 0.3) is 0 Å². The van der Waals surface area contributed by atoms with Gasteiger partial charge < -0.3 is 15.1 Å². The number of unbranched alkanes of at least 4 members (excludes halogenated alkanes) is 10. The Morgan fingerprint density at radius 1 is 0.833 bits per heavy atom. The van der Waals surface area contributed by atoms with Crippen LogP contribution in [0.3, 0.4) is 0 Å². The maximum atomic E-state index is 10.7. The van der Waals surface area contributed by atoms with Gasteiger partial charge in [-0.3, -0.25) is 0 Å². The highest BCUT2D eigenvalue weighted by Crippen LogP contribution is 2.18. The number of nitrogens with zero attached hydrogens (tertiary/aromatic N) is 1. The number of aliphatic hydroxyl groups excluding tert-OH is 1. The molecule has 2 N–H and O–H groups in total. The summed E-state index contributed by atoms with van der Waals surface area (Å²) in [7, 11) is 0. The minimum Gasteiger partial charge on any atom is -0.411 e. The minimum absolute atomic E-state index is 0.00211. The van der Waals surface area contributed by atoms with Crippen LogP contribution in [0.5, 0.6) is 0 Å². The number of aliphatic hydroxyl groups is 1. The van der Waals surface area contributed by atoms with Crippen molar-refractivity contribution in [3.05, 3.63) is 35.9 Å². The fourth-order valence-corrected chi connectivity index (χ4v) is 3.84. The molecule has 1 aromatic carbocycles.